The van der Waals surface area contributed by atoms with Gasteiger partial charge in [0.05, 0.1) is 6.61 Å². The molecule has 16 heavy (non-hydrogen) atoms. The van der Waals surface area contributed by atoms with Crippen LogP contribution < -0.4 is 4.74 Å². The van der Waals surface area contributed by atoms with E-state index in [4.69, 9.17) is 4.74 Å². The maximum absolute atomic E-state index is 13.2. The summed E-state index contributed by atoms with van der Waals surface area (Å²) in [4.78, 5) is 0. The van der Waals surface area contributed by atoms with Gasteiger partial charge in [-0.2, -0.15) is 12.6 Å². The monoisotopic (exact) mass is 242 g/mol. The van der Waals surface area contributed by atoms with Gasteiger partial charge in [-0.25, -0.2) is 4.39 Å². The summed E-state index contributed by atoms with van der Waals surface area (Å²) < 4.78 is 18.6. The smallest absolute Gasteiger partial charge is 0.129 e. The Bertz CT molecular complexity index is 315. The summed E-state index contributed by atoms with van der Waals surface area (Å²) in [7, 11) is 0. The van der Waals surface area contributed by atoms with Crippen LogP contribution >= 0.6 is 12.6 Å². The molecule has 0 radical (unpaired) electrons. The van der Waals surface area contributed by atoms with Gasteiger partial charge in [0, 0.05) is 6.07 Å². The Morgan fingerprint density at radius 3 is 2.62 bits per heavy atom. The van der Waals surface area contributed by atoms with Gasteiger partial charge in [0.25, 0.3) is 0 Å². The largest absolute Gasteiger partial charge is 0.493 e. The molecule has 0 aliphatic carbocycles. The highest BCUT2D eigenvalue weighted by molar-refractivity contribution is 7.80. The normalized spacial score (nSPS) is 10.4. The predicted octanol–water partition coefficient (Wildman–Crippen LogP) is 4.00. The molecule has 0 N–H and O–H groups in total. The third kappa shape index (κ3) is 4.88. The fraction of sp³-hybridized carbons (Fsp3) is 0.538. The van der Waals surface area contributed by atoms with Crippen molar-refractivity contribution in [2.24, 2.45) is 0 Å². The zero-order valence-corrected chi connectivity index (χ0v) is 10.6. The van der Waals surface area contributed by atoms with Gasteiger partial charge in [-0.15, -0.1) is 0 Å². The molecule has 0 aliphatic heterocycles. The molecule has 90 valence electrons. The second kappa shape index (κ2) is 7.55. The minimum absolute atomic E-state index is 0.201. The highest BCUT2D eigenvalue weighted by Crippen LogP contribution is 2.16. The van der Waals surface area contributed by atoms with E-state index >= 15 is 0 Å². The van der Waals surface area contributed by atoms with Crippen molar-refractivity contribution in [1.82, 2.24) is 0 Å². The lowest BCUT2D eigenvalue weighted by Gasteiger charge is -2.06. The first-order valence-electron chi connectivity index (χ1n) is 5.74. The number of benzene rings is 1. The van der Waals surface area contributed by atoms with Gasteiger partial charge in [-0.3, -0.25) is 0 Å². The number of unbranched alkanes of at least 4 members (excludes halogenated alkanes) is 3. The van der Waals surface area contributed by atoms with E-state index in [1.54, 1.807) is 13.0 Å². The Kier molecular flexibility index (Phi) is 6.31. The first-order chi connectivity index (χ1) is 7.74. The van der Waals surface area contributed by atoms with Gasteiger partial charge in [-0.05, 0) is 37.1 Å². The van der Waals surface area contributed by atoms with Crippen molar-refractivity contribution in [2.75, 3.05) is 12.4 Å². The zero-order valence-electron chi connectivity index (χ0n) is 9.71. The van der Waals surface area contributed by atoms with Gasteiger partial charge >= 0.3 is 0 Å². The molecule has 1 aromatic rings. The molecule has 1 aromatic carbocycles. The van der Waals surface area contributed by atoms with Crippen LogP contribution in [0.3, 0.4) is 0 Å². The molecule has 1 rings (SSSR count). The van der Waals surface area contributed by atoms with Crippen molar-refractivity contribution in [3.8, 4) is 5.75 Å². The molecule has 0 aliphatic rings. The molecule has 0 spiro atoms. The van der Waals surface area contributed by atoms with Crippen molar-refractivity contribution in [3.05, 3.63) is 29.6 Å². The van der Waals surface area contributed by atoms with Crippen molar-refractivity contribution in [1.29, 1.82) is 0 Å². The SMILES string of the molecule is Cc1ccc(OCCCCCCS)cc1F. The Hall–Kier alpha value is -0.700. The first kappa shape index (κ1) is 13.4. The van der Waals surface area contributed by atoms with Crippen molar-refractivity contribution < 1.29 is 9.13 Å². The minimum atomic E-state index is -0.201. The van der Waals surface area contributed by atoms with E-state index in [1.807, 2.05) is 6.07 Å². The molecule has 0 bridgehead atoms. The zero-order chi connectivity index (χ0) is 11.8. The van der Waals surface area contributed by atoms with Crippen molar-refractivity contribution in [3.63, 3.8) is 0 Å². The fourth-order valence-corrected chi connectivity index (χ4v) is 1.64. The molecule has 0 atom stereocenters. The van der Waals surface area contributed by atoms with Crippen LogP contribution in [0.1, 0.15) is 31.2 Å². The van der Waals surface area contributed by atoms with Crippen LogP contribution in [-0.2, 0) is 0 Å². The van der Waals surface area contributed by atoms with E-state index in [1.165, 1.54) is 12.5 Å². The number of thiol groups is 1. The predicted molar refractivity (Wildman–Crippen MR) is 69.0 cm³/mol. The molecule has 0 unspecified atom stereocenters. The van der Waals surface area contributed by atoms with E-state index in [0.717, 1.165) is 25.0 Å². The van der Waals surface area contributed by atoms with Crippen LogP contribution in [0.4, 0.5) is 4.39 Å². The second-order valence-corrected chi connectivity index (χ2v) is 4.34. The third-order valence-corrected chi connectivity index (χ3v) is 2.78. The maximum atomic E-state index is 13.2. The molecule has 0 saturated carbocycles. The summed E-state index contributed by atoms with van der Waals surface area (Å²) in [6, 6.07) is 5.00. The lowest BCUT2D eigenvalue weighted by Crippen LogP contribution is -1.98. The lowest BCUT2D eigenvalue weighted by atomic mass is 10.2. The lowest BCUT2D eigenvalue weighted by molar-refractivity contribution is 0.303. The second-order valence-electron chi connectivity index (χ2n) is 3.90. The van der Waals surface area contributed by atoms with E-state index in [9.17, 15) is 4.39 Å². The Morgan fingerprint density at radius 1 is 1.19 bits per heavy atom. The van der Waals surface area contributed by atoms with Gasteiger partial charge in [0.1, 0.15) is 11.6 Å². The van der Waals surface area contributed by atoms with Crippen molar-refractivity contribution in [2.45, 2.75) is 32.6 Å². The molecule has 1 nitrogen and oxygen atoms in total. The van der Waals surface area contributed by atoms with E-state index in [-0.39, 0.29) is 5.82 Å². The molecule has 0 amide bonds. The van der Waals surface area contributed by atoms with Gasteiger partial charge in [0.2, 0.25) is 0 Å². The van der Waals surface area contributed by atoms with Gasteiger partial charge in [-0.1, -0.05) is 18.9 Å². The van der Waals surface area contributed by atoms with E-state index in [2.05, 4.69) is 12.6 Å². The summed E-state index contributed by atoms with van der Waals surface area (Å²) in [5.74, 6) is 1.37. The van der Waals surface area contributed by atoms with Gasteiger partial charge in [0.15, 0.2) is 0 Å². The van der Waals surface area contributed by atoms with Crippen LogP contribution in [0.15, 0.2) is 18.2 Å². The molecular formula is C13H19FOS. The average molecular weight is 242 g/mol. The molecule has 0 saturated heterocycles. The standard InChI is InChI=1S/C13H19FOS/c1-11-6-7-12(10-13(11)14)15-8-4-2-3-5-9-16/h6-7,10,16H,2-5,8-9H2,1H3. The quantitative estimate of drug-likeness (QED) is 0.561. The summed E-state index contributed by atoms with van der Waals surface area (Å²) in [5, 5.41) is 0. The van der Waals surface area contributed by atoms with Crippen LogP contribution in [-0.4, -0.2) is 12.4 Å². The molecule has 0 heterocycles. The number of hydrogen-bond donors (Lipinski definition) is 1. The Balaban J connectivity index is 2.19. The highest BCUT2D eigenvalue weighted by atomic mass is 32.1. The number of rotatable bonds is 7. The molecule has 0 aromatic heterocycles. The van der Waals surface area contributed by atoms with Crippen LogP contribution in [0.2, 0.25) is 0 Å². The average Bonchev–Trinajstić information content (AvgIpc) is 2.28. The van der Waals surface area contributed by atoms with Crippen LogP contribution in [0.25, 0.3) is 0 Å². The first-order valence-corrected chi connectivity index (χ1v) is 6.37. The number of hydrogen-bond acceptors (Lipinski definition) is 2. The topological polar surface area (TPSA) is 9.23 Å². The molecule has 0 fully saturated rings. The molecular weight excluding hydrogens is 223 g/mol. The summed E-state index contributed by atoms with van der Waals surface area (Å²) in [5.41, 5.74) is 0.654. The summed E-state index contributed by atoms with van der Waals surface area (Å²) in [6.45, 7) is 2.41. The summed E-state index contributed by atoms with van der Waals surface area (Å²) >= 11 is 4.15. The maximum Gasteiger partial charge on any atom is 0.129 e. The van der Waals surface area contributed by atoms with E-state index in [0.29, 0.717) is 17.9 Å². The Labute approximate surface area is 102 Å². The highest BCUT2D eigenvalue weighted by Gasteiger charge is 1.99. The Morgan fingerprint density at radius 2 is 1.94 bits per heavy atom. The summed E-state index contributed by atoms with van der Waals surface area (Å²) in [6.07, 6.45) is 4.51. The van der Waals surface area contributed by atoms with Crippen molar-refractivity contribution >= 4 is 12.6 Å². The molecule has 3 heteroatoms. The van der Waals surface area contributed by atoms with Gasteiger partial charge < -0.3 is 4.74 Å². The van der Waals surface area contributed by atoms with E-state index < -0.39 is 0 Å². The number of ether oxygens (including phenoxy) is 1. The van der Waals surface area contributed by atoms with Crippen LogP contribution in [0, 0.1) is 12.7 Å². The fourth-order valence-electron chi connectivity index (χ4n) is 1.42. The minimum Gasteiger partial charge on any atom is -0.493 e. The number of aryl methyl sites for hydroxylation is 1. The number of halogens is 1. The van der Waals surface area contributed by atoms with Crippen LogP contribution in [0.5, 0.6) is 5.75 Å². The third-order valence-electron chi connectivity index (χ3n) is 2.46.